The summed E-state index contributed by atoms with van der Waals surface area (Å²) in [6.07, 6.45) is 1.39. The topological polar surface area (TPSA) is 99.6 Å². The van der Waals surface area contributed by atoms with E-state index in [2.05, 4.69) is 26.0 Å². The van der Waals surface area contributed by atoms with Gasteiger partial charge in [0.2, 0.25) is 5.75 Å². The minimum Gasteiger partial charge on any atom is -0.487 e. The molecule has 0 amide bonds. The zero-order chi connectivity index (χ0) is 22.1. The lowest BCUT2D eigenvalue weighted by Gasteiger charge is -2.21. The van der Waals surface area contributed by atoms with Crippen LogP contribution in [0.2, 0.25) is 0 Å². The maximum absolute atomic E-state index is 13.2. The van der Waals surface area contributed by atoms with Gasteiger partial charge < -0.3 is 4.74 Å². The molecule has 30 heavy (non-hydrogen) atoms. The van der Waals surface area contributed by atoms with Crippen molar-refractivity contribution in [3.8, 4) is 5.75 Å². The van der Waals surface area contributed by atoms with E-state index in [1.54, 1.807) is 31.2 Å². The van der Waals surface area contributed by atoms with Gasteiger partial charge in [0.15, 0.2) is 0 Å². The average molecular weight is 473 g/mol. The van der Waals surface area contributed by atoms with Crippen LogP contribution in [0.15, 0.2) is 50.8 Å². The van der Waals surface area contributed by atoms with Gasteiger partial charge in [-0.3, -0.25) is 14.9 Å². The van der Waals surface area contributed by atoms with E-state index in [-0.39, 0.29) is 23.6 Å². The molecule has 0 N–H and O–H groups in total. The maximum atomic E-state index is 13.2. The van der Waals surface area contributed by atoms with E-state index in [4.69, 9.17) is 4.74 Å². The Morgan fingerprint density at radius 3 is 2.67 bits per heavy atom. The van der Waals surface area contributed by atoms with Crippen molar-refractivity contribution in [2.75, 3.05) is 6.61 Å². The van der Waals surface area contributed by atoms with Gasteiger partial charge in [-0.1, -0.05) is 42.8 Å². The van der Waals surface area contributed by atoms with Gasteiger partial charge in [-0.25, -0.2) is 4.98 Å². The van der Waals surface area contributed by atoms with Gasteiger partial charge >= 0.3 is 5.69 Å². The Morgan fingerprint density at radius 2 is 2.03 bits per heavy atom. The van der Waals surface area contributed by atoms with Crippen LogP contribution in [0.5, 0.6) is 5.75 Å². The van der Waals surface area contributed by atoms with Crippen molar-refractivity contribution >= 4 is 38.7 Å². The van der Waals surface area contributed by atoms with Crippen LogP contribution in [0.4, 0.5) is 5.69 Å². The fourth-order valence-corrected chi connectivity index (χ4v) is 3.31. The van der Waals surface area contributed by atoms with Gasteiger partial charge in [0, 0.05) is 21.5 Å². The molecule has 1 heterocycles. The molecule has 0 bridgehead atoms. The molecule has 0 unspecified atom stereocenters. The number of hydrogen-bond acceptors (Lipinski definition) is 6. The summed E-state index contributed by atoms with van der Waals surface area (Å²) in [5.74, 6) is 0.581. The minimum absolute atomic E-state index is 0.107. The number of hydrogen-bond donors (Lipinski definition) is 0. The molecule has 156 valence electrons. The van der Waals surface area contributed by atoms with Crippen LogP contribution in [0.3, 0.4) is 0 Å². The van der Waals surface area contributed by atoms with E-state index in [0.29, 0.717) is 22.3 Å². The number of para-hydroxylation sites is 1. The predicted octanol–water partition coefficient (Wildman–Crippen LogP) is 4.65. The van der Waals surface area contributed by atoms with Gasteiger partial charge in [-0.2, -0.15) is 9.78 Å². The van der Waals surface area contributed by atoms with Crippen LogP contribution in [-0.2, 0) is 5.41 Å². The van der Waals surface area contributed by atoms with Crippen LogP contribution in [-0.4, -0.2) is 27.4 Å². The van der Waals surface area contributed by atoms with E-state index in [1.165, 1.54) is 17.0 Å². The smallest absolute Gasteiger partial charge is 0.311 e. The summed E-state index contributed by atoms with van der Waals surface area (Å²) >= 11 is 3.38. The summed E-state index contributed by atoms with van der Waals surface area (Å²) < 4.78 is 7.48. The second-order valence-corrected chi connectivity index (χ2v) is 8.51. The number of ether oxygens (including phenoxy) is 1. The molecular formula is C21H21BrN4O4. The largest absolute Gasteiger partial charge is 0.487 e. The number of nitro groups is 1. The Labute approximate surface area is 181 Å². The molecule has 0 radical (unpaired) electrons. The Morgan fingerprint density at radius 1 is 1.30 bits per heavy atom. The maximum Gasteiger partial charge on any atom is 0.311 e. The molecule has 0 saturated carbocycles. The Hall–Kier alpha value is -3.07. The van der Waals surface area contributed by atoms with Crippen molar-refractivity contribution in [2.24, 2.45) is 5.10 Å². The third kappa shape index (κ3) is 4.25. The highest BCUT2D eigenvalue weighted by atomic mass is 79.9. The normalized spacial score (nSPS) is 11.9. The van der Waals surface area contributed by atoms with Gasteiger partial charge in [0.05, 0.1) is 28.6 Å². The number of rotatable bonds is 5. The molecule has 0 atom stereocenters. The molecule has 3 rings (SSSR count). The summed E-state index contributed by atoms with van der Waals surface area (Å²) in [6.45, 7) is 7.80. The molecule has 0 fully saturated rings. The first kappa shape index (κ1) is 21.6. The Kier molecular flexibility index (Phi) is 6.02. The van der Waals surface area contributed by atoms with Crippen molar-refractivity contribution in [3.63, 3.8) is 0 Å². The molecular weight excluding hydrogens is 452 g/mol. The number of benzene rings is 2. The zero-order valence-corrected chi connectivity index (χ0v) is 18.6. The standard InChI is InChI=1S/C21H21BrN4O4/c1-5-30-18-13(7-6-8-17(18)26(28)29)12-23-25-19(27)15-11-14(22)9-10-16(15)24-20(25)21(2,3)4/h6-12H,5H2,1-4H3. The van der Waals surface area contributed by atoms with Crippen molar-refractivity contribution in [3.05, 3.63) is 72.7 Å². The summed E-state index contributed by atoms with van der Waals surface area (Å²) in [5, 5.41) is 16.1. The summed E-state index contributed by atoms with van der Waals surface area (Å²) in [5.41, 5.74) is 0.0103. The third-order valence-corrected chi connectivity index (χ3v) is 4.79. The molecule has 0 aliphatic heterocycles. The molecule has 0 aliphatic carbocycles. The lowest BCUT2D eigenvalue weighted by molar-refractivity contribution is -0.385. The summed E-state index contributed by atoms with van der Waals surface area (Å²) in [7, 11) is 0. The first-order chi connectivity index (χ1) is 14.1. The SMILES string of the molecule is CCOc1c(C=Nn2c(C(C)(C)C)nc3ccc(Br)cc3c2=O)cccc1[N+](=O)[O-]. The van der Waals surface area contributed by atoms with Gasteiger partial charge in [-0.15, -0.1) is 0 Å². The molecule has 0 saturated heterocycles. The van der Waals surface area contributed by atoms with Crippen LogP contribution in [0.1, 0.15) is 39.1 Å². The highest BCUT2D eigenvalue weighted by molar-refractivity contribution is 9.10. The highest BCUT2D eigenvalue weighted by Crippen LogP contribution is 2.30. The van der Waals surface area contributed by atoms with E-state index in [0.717, 1.165) is 4.47 Å². The lowest BCUT2D eigenvalue weighted by Crippen LogP contribution is -2.29. The highest BCUT2D eigenvalue weighted by Gasteiger charge is 2.23. The number of nitrogens with zero attached hydrogens (tertiary/aromatic N) is 4. The van der Waals surface area contributed by atoms with Crippen molar-refractivity contribution in [1.29, 1.82) is 0 Å². The van der Waals surface area contributed by atoms with Crippen LogP contribution < -0.4 is 10.3 Å². The van der Waals surface area contributed by atoms with Crippen molar-refractivity contribution in [2.45, 2.75) is 33.1 Å². The van der Waals surface area contributed by atoms with Crippen LogP contribution in [0, 0.1) is 10.1 Å². The molecule has 8 nitrogen and oxygen atoms in total. The van der Waals surface area contributed by atoms with Gasteiger partial charge in [0.25, 0.3) is 5.56 Å². The molecule has 0 spiro atoms. The number of nitro benzene ring substituents is 1. The van der Waals surface area contributed by atoms with Gasteiger partial charge in [0.1, 0.15) is 5.82 Å². The monoisotopic (exact) mass is 472 g/mol. The Balaban J connectivity index is 2.24. The second-order valence-electron chi connectivity index (χ2n) is 7.59. The number of aromatic nitrogens is 2. The van der Waals surface area contributed by atoms with Crippen molar-refractivity contribution < 1.29 is 9.66 Å². The quantitative estimate of drug-likeness (QED) is 0.305. The average Bonchev–Trinajstić information content (AvgIpc) is 2.67. The van der Waals surface area contributed by atoms with E-state index >= 15 is 0 Å². The molecule has 0 aliphatic rings. The molecule has 2 aromatic carbocycles. The summed E-state index contributed by atoms with van der Waals surface area (Å²) in [6, 6.07) is 9.86. The fourth-order valence-electron chi connectivity index (χ4n) is 2.95. The second kappa shape index (κ2) is 8.35. The minimum atomic E-state index is -0.510. The predicted molar refractivity (Wildman–Crippen MR) is 120 cm³/mol. The zero-order valence-electron chi connectivity index (χ0n) is 17.0. The van der Waals surface area contributed by atoms with E-state index in [9.17, 15) is 14.9 Å². The fraction of sp³-hybridized carbons (Fsp3) is 0.286. The Bertz CT molecular complexity index is 1210. The first-order valence-corrected chi connectivity index (χ1v) is 10.1. The van der Waals surface area contributed by atoms with E-state index in [1.807, 2.05) is 26.8 Å². The first-order valence-electron chi connectivity index (χ1n) is 9.31. The molecule has 3 aromatic rings. The van der Waals surface area contributed by atoms with Crippen LogP contribution in [0.25, 0.3) is 10.9 Å². The lowest BCUT2D eigenvalue weighted by atomic mass is 9.95. The van der Waals surface area contributed by atoms with Gasteiger partial charge in [-0.05, 0) is 31.2 Å². The van der Waals surface area contributed by atoms with E-state index < -0.39 is 10.3 Å². The number of halogens is 1. The molecule has 1 aromatic heterocycles. The number of fused-ring (bicyclic) bond motifs is 1. The summed E-state index contributed by atoms with van der Waals surface area (Å²) in [4.78, 5) is 28.7. The van der Waals surface area contributed by atoms with Crippen molar-refractivity contribution in [1.82, 2.24) is 9.66 Å². The molecule has 9 heteroatoms. The van der Waals surface area contributed by atoms with Crippen LogP contribution >= 0.6 is 15.9 Å². The third-order valence-electron chi connectivity index (χ3n) is 4.30.